The van der Waals surface area contributed by atoms with E-state index in [9.17, 15) is 0 Å². The van der Waals surface area contributed by atoms with Gasteiger partial charge in [-0.1, -0.05) is 34.6 Å². The molecule has 0 amide bonds. The molecule has 0 bridgehead atoms. The van der Waals surface area contributed by atoms with Gasteiger partial charge in [-0.05, 0) is 24.2 Å². The van der Waals surface area contributed by atoms with E-state index in [4.69, 9.17) is 0 Å². The van der Waals surface area contributed by atoms with Crippen LogP contribution in [0, 0.1) is 17.8 Å². The average molecular weight is 186 g/mol. The van der Waals surface area contributed by atoms with Crippen LogP contribution in [-0.4, -0.2) is 10.5 Å². The lowest BCUT2D eigenvalue weighted by molar-refractivity contribution is 0.253. The van der Waals surface area contributed by atoms with Crippen molar-refractivity contribution in [2.75, 3.05) is 0 Å². The van der Waals surface area contributed by atoms with Gasteiger partial charge in [0.1, 0.15) is 0 Å². The highest BCUT2D eigenvalue weighted by Gasteiger charge is 2.35. The molecule has 0 aromatic heterocycles. The first kappa shape index (κ1) is 10.4. The second-order valence-electron chi connectivity index (χ2n) is 4.37. The molecule has 1 fully saturated rings. The normalized spacial score (nSPS) is 49.2. The molecule has 0 radical (unpaired) electrons. The summed E-state index contributed by atoms with van der Waals surface area (Å²) in [7, 11) is 0. The molecule has 72 valence electrons. The monoisotopic (exact) mass is 186 g/mol. The van der Waals surface area contributed by atoms with Crippen molar-refractivity contribution in [1.29, 1.82) is 0 Å². The van der Waals surface area contributed by atoms with E-state index in [1.165, 1.54) is 6.42 Å². The highest BCUT2D eigenvalue weighted by molar-refractivity contribution is 8.00. The molecule has 1 rings (SSSR count). The maximum absolute atomic E-state index is 2.42. The summed E-state index contributed by atoms with van der Waals surface area (Å²) in [6.07, 6.45) is 1.34. The van der Waals surface area contributed by atoms with Gasteiger partial charge in [-0.25, -0.2) is 0 Å². The molecule has 0 aliphatic carbocycles. The molecule has 0 aromatic carbocycles. The molecule has 12 heavy (non-hydrogen) atoms. The quantitative estimate of drug-likeness (QED) is 0.600. The third kappa shape index (κ3) is 1.81. The molecule has 1 aliphatic heterocycles. The summed E-state index contributed by atoms with van der Waals surface area (Å²) in [5.74, 6) is 2.71. The average Bonchev–Trinajstić information content (AvgIpc) is 2.08. The van der Waals surface area contributed by atoms with Crippen LogP contribution in [-0.2, 0) is 0 Å². The van der Waals surface area contributed by atoms with Crippen LogP contribution in [0.15, 0.2) is 0 Å². The zero-order chi connectivity index (χ0) is 9.30. The summed E-state index contributed by atoms with van der Waals surface area (Å²) in [6, 6.07) is 0. The first-order valence-electron chi connectivity index (χ1n) is 5.23. The van der Waals surface area contributed by atoms with Crippen LogP contribution in [0.4, 0.5) is 0 Å². The van der Waals surface area contributed by atoms with Gasteiger partial charge in [-0.15, -0.1) is 0 Å². The summed E-state index contributed by atoms with van der Waals surface area (Å²) in [5.41, 5.74) is 0. The molecule has 0 nitrogen and oxygen atoms in total. The standard InChI is InChI=1S/C11H22S/c1-6-11-9(4)7(2)8(3)10(5)12-11/h7-11H,6H2,1-5H3. The zero-order valence-electron chi connectivity index (χ0n) is 9.00. The highest BCUT2D eigenvalue weighted by atomic mass is 32.2. The van der Waals surface area contributed by atoms with Crippen LogP contribution < -0.4 is 0 Å². The summed E-state index contributed by atoms with van der Waals surface area (Å²) >= 11 is 2.21. The molecular formula is C11H22S. The third-order valence-corrected chi connectivity index (χ3v) is 5.75. The van der Waals surface area contributed by atoms with Gasteiger partial charge in [-0.3, -0.25) is 0 Å². The Morgan fingerprint density at radius 2 is 1.50 bits per heavy atom. The van der Waals surface area contributed by atoms with E-state index < -0.39 is 0 Å². The van der Waals surface area contributed by atoms with Crippen molar-refractivity contribution in [3.8, 4) is 0 Å². The number of hydrogen-bond acceptors (Lipinski definition) is 1. The second-order valence-corrected chi connectivity index (χ2v) is 5.99. The number of rotatable bonds is 1. The molecule has 1 heterocycles. The smallest absolute Gasteiger partial charge is 0.00754 e. The van der Waals surface area contributed by atoms with Gasteiger partial charge in [0.2, 0.25) is 0 Å². The van der Waals surface area contributed by atoms with Gasteiger partial charge in [-0.2, -0.15) is 11.8 Å². The van der Waals surface area contributed by atoms with E-state index in [-0.39, 0.29) is 0 Å². The van der Waals surface area contributed by atoms with Crippen LogP contribution in [0.3, 0.4) is 0 Å². The lowest BCUT2D eigenvalue weighted by Crippen LogP contribution is -2.36. The molecule has 5 unspecified atom stereocenters. The van der Waals surface area contributed by atoms with E-state index in [1.54, 1.807) is 0 Å². The van der Waals surface area contributed by atoms with Crippen molar-refractivity contribution in [3.05, 3.63) is 0 Å². The first-order valence-corrected chi connectivity index (χ1v) is 6.17. The largest absolute Gasteiger partial charge is 0.155 e. The molecule has 0 aromatic rings. The fourth-order valence-corrected chi connectivity index (χ4v) is 3.97. The third-order valence-electron chi connectivity index (χ3n) is 3.78. The van der Waals surface area contributed by atoms with Crippen LogP contribution in [0.1, 0.15) is 41.0 Å². The Morgan fingerprint density at radius 1 is 0.917 bits per heavy atom. The second kappa shape index (κ2) is 4.04. The first-order chi connectivity index (χ1) is 5.57. The van der Waals surface area contributed by atoms with E-state index in [0.29, 0.717) is 0 Å². The maximum Gasteiger partial charge on any atom is 0.00754 e. The summed E-state index contributed by atoms with van der Waals surface area (Å²) in [6.45, 7) is 12.0. The van der Waals surface area contributed by atoms with Gasteiger partial charge in [0.05, 0.1) is 0 Å². The van der Waals surface area contributed by atoms with E-state index in [0.717, 1.165) is 28.3 Å². The Morgan fingerprint density at radius 3 is 2.00 bits per heavy atom. The molecule has 0 N–H and O–H groups in total. The zero-order valence-corrected chi connectivity index (χ0v) is 9.82. The Balaban J connectivity index is 2.63. The van der Waals surface area contributed by atoms with Crippen molar-refractivity contribution < 1.29 is 0 Å². The minimum atomic E-state index is 0.862. The molecule has 1 saturated heterocycles. The predicted molar refractivity (Wildman–Crippen MR) is 58.6 cm³/mol. The number of thioether (sulfide) groups is 1. The lowest BCUT2D eigenvalue weighted by Gasteiger charge is -2.41. The van der Waals surface area contributed by atoms with Crippen LogP contribution in [0.2, 0.25) is 0 Å². The van der Waals surface area contributed by atoms with E-state index >= 15 is 0 Å². The van der Waals surface area contributed by atoms with Crippen molar-refractivity contribution in [1.82, 2.24) is 0 Å². The summed E-state index contributed by atoms with van der Waals surface area (Å²) in [4.78, 5) is 0. The van der Waals surface area contributed by atoms with Crippen molar-refractivity contribution in [2.45, 2.75) is 51.5 Å². The Hall–Kier alpha value is 0.350. The van der Waals surface area contributed by atoms with Gasteiger partial charge in [0.15, 0.2) is 0 Å². The maximum atomic E-state index is 2.42. The van der Waals surface area contributed by atoms with E-state index in [1.807, 2.05) is 0 Å². The summed E-state index contributed by atoms with van der Waals surface area (Å²) < 4.78 is 0. The minimum Gasteiger partial charge on any atom is -0.155 e. The number of hydrogen-bond donors (Lipinski definition) is 0. The molecule has 0 spiro atoms. The lowest BCUT2D eigenvalue weighted by atomic mass is 9.80. The van der Waals surface area contributed by atoms with Gasteiger partial charge in [0, 0.05) is 10.5 Å². The van der Waals surface area contributed by atoms with E-state index in [2.05, 4.69) is 46.4 Å². The highest BCUT2D eigenvalue weighted by Crippen LogP contribution is 2.43. The molecule has 1 aliphatic rings. The Labute approximate surface area is 81.5 Å². The van der Waals surface area contributed by atoms with Crippen molar-refractivity contribution in [3.63, 3.8) is 0 Å². The summed E-state index contributed by atoms with van der Waals surface area (Å²) in [5, 5.41) is 1.77. The molecule has 0 saturated carbocycles. The fraction of sp³-hybridized carbons (Fsp3) is 1.00. The van der Waals surface area contributed by atoms with Gasteiger partial charge in [0.25, 0.3) is 0 Å². The fourth-order valence-electron chi connectivity index (χ4n) is 2.24. The van der Waals surface area contributed by atoms with Crippen LogP contribution in [0.25, 0.3) is 0 Å². The Bertz CT molecular complexity index is 139. The topological polar surface area (TPSA) is 0 Å². The minimum absolute atomic E-state index is 0.862. The molecule has 1 heteroatoms. The van der Waals surface area contributed by atoms with Gasteiger partial charge >= 0.3 is 0 Å². The van der Waals surface area contributed by atoms with Crippen molar-refractivity contribution in [2.24, 2.45) is 17.8 Å². The molecular weight excluding hydrogens is 164 g/mol. The van der Waals surface area contributed by atoms with Crippen molar-refractivity contribution >= 4 is 11.8 Å². The predicted octanol–water partition coefficient (Wildman–Crippen LogP) is 3.81. The Kier molecular flexibility index (Phi) is 3.51. The SMILES string of the molecule is CCC1SC(C)C(C)C(C)C1C. The van der Waals surface area contributed by atoms with Crippen LogP contribution >= 0.6 is 11.8 Å². The molecule has 5 atom stereocenters. The van der Waals surface area contributed by atoms with Gasteiger partial charge < -0.3 is 0 Å². The van der Waals surface area contributed by atoms with Crippen LogP contribution in [0.5, 0.6) is 0 Å².